The number of hydrogen-bond donors (Lipinski definition) is 2. The highest BCUT2D eigenvalue weighted by molar-refractivity contribution is 7.13. The van der Waals surface area contributed by atoms with Gasteiger partial charge in [0.05, 0.1) is 18.3 Å². The van der Waals surface area contributed by atoms with E-state index in [2.05, 4.69) is 20.6 Å². The number of anilines is 1. The minimum Gasteiger partial charge on any atom is -0.481 e. The molecular weight excluding hydrogens is 266 g/mol. The van der Waals surface area contributed by atoms with Crippen molar-refractivity contribution in [3.8, 4) is 0 Å². The van der Waals surface area contributed by atoms with E-state index in [0.29, 0.717) is 6.42 Å². The molecule has 0 unspecified atom stereocenters. The van der Waals surface area contributed by atoms with Crippen LogP contribution in [0.2, 0.25) is 0 Å². The molecule has 0 bridgehead atoms. The van der Waals surface area contributed by atoms with E-state index < -0.39 is 5.97 Å². The van der Waals surface area contributed by atoms with Crippen LogP contribution in [0.5, 0.6) is 0 Å². The summed E-state index contributed by atoms with van der Waals surface area (Å²) >= 11 is 1.50. The molecule has 2 heterocycles. The molecule has 0 aliphatic heterocycles. The molecular formula is C11H15N5O2S. The molecule has 0 aliphatic carbocycles. The van der Waals surface area contributed by atoms with Gasteiger partial charge < -0.3 is 10.4 Å². The van der Waals surface area contributed by atoms with Crippen molar-refractivity contribution in [2.45, 2.75) is 25.8 Å². The second-order valence-corrected chi connectivity index (χ2v) is 4.84. The van der Waals surface area contributed by atoms with E-state index in [-0.39, 0.29) is 6.42 Å². The van der Waals surface area contributed by atoms with Crippen molar-refractivity contribution in [1.82, 2.24) is 20.0 Å². The monoisotopic (exact) mass is 281 g/mol. The Hall–Kier alpha value is -1.96. The van der Waals surface area contributed by atoms with Gasteiger partial charge in [0, 0.05) is 31.1 Å². The Morgan fingerprint density at radius 2 is 2.42 bits per heavy atom. The number of aryl methyl sites for hydroxylation is 2. The molecule has 102 valence electrons. The maximum atomic E-state index is 10.4. The summed E-state index contributed by atoms with van der Waals surface area (Å²) in [5.41, 5.74) is 0.825. The van der Waals surface area contributed by atoms with E-state index in [1.54, 1.807) is 10.9 Å². The van der Waals surface area contributed by atoms with Crippen molar-refractivity contribution in [2.24, 2.45) is 0 Å². The lowest BCUT2D eigenvalue weighted by Gasteiger charge is -2.02. The van der Waals surface area contributed by atoms with E-state index in [9.17, 15) is 4.79 Å². The minimum atomic E-state index is -0.796. The molecule has 0 aliphatic rings. The van der Waals surface area contributed by atoms with Crippen LogP contribution < -0.4 is 5.32 Å². The standard InChI is InChI=1S/C11H15N5O2S/c17-10(18)3-2-9-8-19-11(14-9)12-4-1-6-16-7-5-13-15-16/h5,7-8H,1-4,6H2,(H,12,14)(H,17,18). The molecule has 2 rings (SSSR count). The lowest BCUT2D eigenvalue weighted by Crippen LogP contribution is -2.07. The Balaban J connectivity index is 1.67. The van der Waals surface area contributed by atoms with E-state index >= 15 is 0 Å². The molecule has 0 saturated carbocycles. The highest BCUT2D eigenvalue weighted by Gasteiger charge is 2.04. The zero-order chi connectivity index (χ0) is 13.5. The third kappa shape index (κ3) is 4.66. The molecule has 8 heteroatoms. The van der Waals surface area contributed by atoms with Gasteiger partial charge in [0.2, 0.25) is 0 Å². The molecule has 0 atom stereocenters. The SMILES string of the molecule is O=C(O)CCc1csc(NCCCn2ccnn2)n1. The Morgan fingerprint density at radius 3 is 3.16 bits per heavy atom. The van der Waals surface area contributed by atoms with Crippen LogP contribution in [0.15, 0.2) is 17.8 Å². The summed E-state index contributed by atoms with van der Waals surface area (Å²) in [6.07, 6.45) is 5.01. The predicted molar refractivity (Wildman–Crippen MR) is 71.2 cm³/mol. The zero-order valence-electron chi connectivity index (χ0n) is 10.3. The minimum absolute atomic E-state index is 0.121. The molecule has 0 spiro atoms. The number of aromatic nitrogens is 4. The summed E-state index contributed by atoms with van der Waals surface area (Å²) in [7, 11) is 0. The summed E-state index contributed by atoms with van der Waals surface area (Å²) in [6, 6.07) is 0. The first-order chi connectivity index (χ1) is 9.24. The predicted octanol–water partition coefficient (Wildman–Crippen LogP) is 1.25. The molecule has 7 nitrogen and oxygen atoms in total. The van der Waals surface area contributed by atoms with Crippen LogP contribution in [0.3, 0.4) is 0 Å². The van der Waals surface area contributed by atoms with Crippen molar-refractivity contribution in [1.29, 1.82) is 0 Å². The van der Waals surface area contributed by atoms with E-state index in [4.69, 9.17) is 5.11 Å². The normalized spacial score (nSPS) is 10.5. The lowest BCUT2D eigenvalue weighted by molar-refractivity contribution is -0.136. The van der Waals surface area contributed by atoms with Crippen LogP contribution in [0, 0.1) is 0 Å². The first kappa shape index (κ1) is 13.5. The smallest absolute Gasteiger partial charge is 0.303 e. The Bertz CT molecular complexity index is 511. The maximum Gasteiger partial charge on any atom is 0.303 e. The third-order valence-corrected chi connectivity index (χ3v) is 3.31. The molecule has 19 heavy (non-hydrogen) atoms. The molecule has 2 N–H and O–H groups in total. The fraction of sp³-hybridized carbons (Fsp3) is 0.455. The average Bonchev–Trinajstić information content (AvgIpc) is 3.04. The summed E-state index contributed by atoms with van der Waals surface area (Å²) in [5.74, 6) is -0.796. The van der Waals surface area contributed by atoms with Crippen LogP contribution in [0.1, 0.15) is 18.5 Å². The van der Waals surface area contributed by atoms with Crippen molar-refractivity contribution in [3.05, 3.63) is 23.5 Å². The Kier molecular flexibility index (Phi) is 4.85. The van der Waals surface area contributed by atoms with E-state index in [0.717, 1.165) is 30.3 Å². The number of nitrogens with one attached hydrogen (secondary N) is 1. The van der Waals surface area contributed by atoms with Gasteiger partial charge in [-0.15, -0.1) is 16.4 Å². The van der Waals surface area contributed by atoms with Gasteiger partial charge in [-0.2, -0.15) is 0 Å². The van der Waals surface area contributed by atoms with Gasteiger partial charge >= 0.3 is 5.97 Å². The number of hydrogen-bond acceptors (Lipinski definition) is 6. The quantitative estimate of drug-likeness (QED) is 0.707. The largest absolute Gasteiger partial charge is 0.481 e. The second-order valence-electron chi connectivity index (χ2n) is 3.98. The van der Waals surface area contributed by atoms with Gasteiger partial charge in [-0.3, -0.25) is 9.48 Å². The highest BCUT2D eigenvalue weighted by Crippen LogP contribution is 2.16. The number of aliphatic carboxylic acids is 1. The zero-order valence-corrected chi connectivity index (χ0v) is 11.1. The fourth-order valence-corrected chi connectivity index (χ4v) is 2.30. The summed E-state index contributed by atoms with van der Waals surface area (Å²) in [6.45, 7) is 1.61. The molecule has 0 amide bonds. The Labute approximate surface area is 114 Å². The van der Waals surface area contributed by atoms with Crippen molar-refractivity contribution in [3.63, 3.8) is 0 Å². The first-order valence-corrected chi connectivity index (χ1v) is 6.86. The van der Waals surface area contributed by atoms with Crippen LogP contribution in [-0.4, -0.2) is 37.6 Å². The number of thiazole rings is 1. The molecule has 0 aromatic carbocycles. The van der Waals surface area contributed by atoms with Crippen molar-refractivity contribution < 1.29 is 9.90 Å². The lowest BCUT2D eigenvalue weighted by atomic mass is 10.2. The molecule has 0 fully saturated rings. The van der Waals surface area contributed by atoms with Gasteiger partial charge in [-0.05, 0) is 6.42 Å². The van der Waals surface area contributed by atoms with E-state index in [1.165, 1.54) is 11.3 Å². The van der Waals surface area contributed by atoms with Crippen molar-refractivity contribution >= 4 is 22.4 Å². The van der Waals surface area contributed by atoms with E-state index in [1.807, 2.05) is 11.6 Å². The second kappa shape index (κ2) is 6.83. The van der Waals surface area contributed by atoms with Gasteiger partial charge in [-0.1, -0.05) is 5.21 Å². The van der Waals surface area contributed by atoms with Gasteiger partial charge in [-0.25, -0.2) is 4.98 Å². The van der Waals surface area contributed by atoms with Gasteiger partial charge in [0.25, 0.3) is 0 Å². The third-order valence-electron chi connectivity index (χ3n) is 2.46. The van der Waals surface area contributed by atoms with Crippen LogP contribution in [0.4, 0.5) is 5.13 Å². The molecule has 2 aromatic rings. The van der Waals surface area contributed by atoms with Crippen LogP contribution in [0.25, 0.3) is 0 Å². The van der Waals surface area contributed by atoms with Crippen LogP contribution in [-0.2, 0) is 17.8 Å². The maximum absolute atomic E-state index is 10.4. The van der Waals surface area contributed by atoms with Gasteiger partial charge in [0.15, 0.2) is 5.13 Å². The highest BCUT2D eigenvalue weighted by atomic mass is 32.1. The van der Waals surface area contributed by atoms with Crippen LogP contribution >= 0.6 is 11.3 Å². The topological polar surface area (TPSA) is 92.9 Å². The number of carbonyl (C=O) groups is 1. The first-order valence-electron chi connectivity index (χ1n) is 5.98. The molecule has 0 radical (unpaired) electrons. The number of nitrogens with zero attached hydrogens (tertiary/aromatic N) is 4. The number of rotatable bonds is 8. The van der Waals surface area contributed by atoms with Gasteiger partial charge in [0.1, 0.15) is 0 Å². The molecule has 0 saturated heterocycles. The fourth-order valence-electron chi connectivity index (χ4n) is 1.53. The summed E-state index contributed by atoms with van der Waals surface area (Å²) in [4.78, 5) is 14.8. The summed E-state index contributed by atoms with van der Waals surface area (Å²) in [5, 5.41) is 22.1. The number of carboxylic acids is 1. The molecule has 2 aromatic heterocycles. The average molecular weight is 281 g/mol. The van der Waals surface area contributed by atoms with Crippen molar-refractivity contribution in [2.75, 3.05) is 11.9 Å². The number of carboxylic acid groups (broad SMARTS) is 1. The summed E-state index contributed by atoms with van der Waals surface area (Å²) < 4.78 is 1.78. The Morgan fingerprint density at radius 1 is 1.53 bits per heavy atom.